The van der Waals surface area contributed by atoms with Gasteiger partial charge in [-0.2, -0.15) is 0 Å². The molecule has 0 saturated carbocycles. The Kier molecular flexibility index (Phi) is 4.47. The molecule has 0 aliphatic carbocycles. The lowest BCUT2D eigenvalue weighted by molar-refractivity contribution is 0.0483. The van der Waals surface area contributed by atoms with Crippen LogP contribution in [0, 0.1) is 19.7 Å². The van der Waals surface area contributed by atoms with Gasteiger partial charge in [-0.3, -0.25) is 9.59 Å². The van der Waals surface area contributed by atoms with Crippen molar-refractivity contribution >= 4 is 16.9 Å². The van der Waals surface area contributed by atoms with Gasteiger partial charge < -0.3 is 14.1 Å². The van der Waals surface area contributed by atoms with Gasteiger partial charge in [-0.15, -0.1) is 0 Å². The molecular formula is C24H22FNO4. The number of ether oxygens (including phenoxy) is 1. The molecule has 3 aromatic rings. The molecule has 154 valence electrons. The van der Waals surface area contributed by atoms with Crippen molar-refractivity contribution < 1.29 is 18.3 Å². The first-order chi connectivity index (χ1) is 14.5. The molecule has 30 heavy (non-hydrogen) atoms. The van der Waals surface area contributed by atoms with Gasteiger partial charge in [0.1, 0.15) is 11.4 Å². The van der Waals surface area contributed by atoms with Crippen molar-refractivity contribution in [2.24, 2.45) is 0 Å². The fourth-order valence-electron chi connectivity index (χ4n) is 4.49. The summed E-state index contributed by atoms with van der Waals surface area (Å²) in [5.74, 6) is -0.854. The number of benzene rings is 2. The van der Waals surface area contributed by atoms with Gasteiger partial charge in [-0.05, 0) is 56.0 Å². The topological polar surface area (TPSA) is 59.8 Å². The Morgan fingerprint density at radius 3 is 2.63 bits per heavy atom. The highest BCUT2D eigenvalue weighted by Gasteiger charge is 2.44. The zero-order chi connectivity index (χ0) is 21.0. The number of halogens is 1. The fraction of sp³-hybridized carbons (Fsp3) is 0.333. The molecule has 2 atom stereocenters. The summed E-state index contributed by atoms with van der Waals surface area (Å²) in [6.45, 7) is 4.78. The van der Waals surface area contributed by atoms with Crippen molar-refractivity contribution in [1.82, 2.24) is 4.90 Å². The van der Waals surface area contributed by atoms with Crippen LogP contribution in [-0.2, 0) is 4.74 Å². The molecule has 1 fully saturated rings. The van der Waals surface area contributed by atoms with E-state index in [1.165, 1.54) is 11.0 Å². The molecule has 2 aliphatic heterocycles. The van der Waals surface area contributed by atoms with E-state index in [0.717, 1.165) is 24.0 Å². The van der Waals surface area contributed by atoms with E-state index in [9.17, 15) is 14.0 Å². The highest BCUT2D eigenvalue weighted by Crippen LogP contribution is 2.40. The van der Waals surface area contributed by atoms with Crippen LogP contribution in [0.3, 0.4) is 0 Å². The van der Waals surface area contributed by atoms with Crippen LogP contribution in [0.2, 0.25) is 0 Å². The Morgan fingerprint density at radius 1 is 1.13 bits per heavy atom. The average molecular weight is 407 g/mol. The predicted molar refractivity (Wildman–Crippen MR) is 110 cm³/mol. The van der Waals surface area contributed by atoms with Gasteiger partial charge >= 0.3 is 0 Å². The Hall–Kier alpha value is -2.99. The van der Waals surface area contributed by atoms with Gasteiger partial charge in [-0.1, -0.05) is 18.2 Å². The van der Waals surface area contributed by atoms with Gasteiger partial charge in [0.15, 0.2) is 5.43 Å². The van der Waals surface area contributed by atoms with Crippen LogP contribution in [-0.4, -0.2) is 30.1 Å². The van der Waals surface area contributed by atoms with Crippen molar-refractivity contribution in [3.8, 4) is 0 Å². The van der Waals surface area contributed by atoms with E-state index < -0.39 is 17.8 Å². The molecule has 1 saturated heterocycles. The van der Waals surface area contributed by atoms with Crippen LogP contribution in [0.5, 0.6) is 0 Å². The van der Waals surface area contributed by atoms with Crippen molar-refractivity contribution in [2.45, 2.75) is 38.8 Å². The molecule has 1 amide bonds. The maximum atomic E-state index is 14.8. The molecule has 3 heterocycles. The Bertz CT molecular complexity index is 1230. The highest BCUT2D eigenvalue weighted by molar-refractivity contribution is 5.99. The molecule has 5 rings (SSSR count). The minimum Gasteiger partial charge on any atom is -0.450 e. The van der Waals surface area contributed by atoms with Crippen LogP contribution in [0.25, 0.3) is 11.0 Å². The van der Waals surface area contributed by atoms with E-state index >= 15 is 0 Å². The molecule has 0 radical (unpaired) electrons. The Morgan fingerprint density at radius 2 is 1.90 bits per heavy atom. The van der Waals surface area contributed by atoms with Gasteiger partial charge in [0.25, 0.3) is 5.91 Å². The van der Waals surface area contributed by atoms with Crippen molar-refractivity contribution in [3.05, 3.63) is 80.5 Å². The van der Waals surface area contributed by atoms with E-state index in [0.29, 0.717) is 17.6 Å². The lowest BCUT2D eigenvalue weighted by Gasteiger charge is -2.27. The highest BCUT2D eigenvalue weighted by atomic mass is 19.1. The molecule has 0 N–H and O–H groups in total. The van der Waals surface area contributed by atoms with Gasteiger partial charge in [0, 0.05) is 18.7 Å². The number of carbonyl (C=O) groups excluding carboxylic acids is 1. The maximum Gasteiger partial charge on any atom is 0.291 e. The first-order valence-electron chi connectivity index (χ1n) is 10.2. The molecule has 5 nitrogen and oxygen atoms in total. The standard InChI is InChI=1S/C24H22FNO4/c1-13-10-17-19(11-14(13)2)30-23-20(22(17)27)21(16-7-3-4-8-18(16)25)26(24(23)28)12-15-6-5-9-29-15/h3-4,7-8,10-11,15,21H,5-6,9,12H2,1-2H3/t15-,21+/m1/s1. The van der Waals surface area contributed by atoms with Crippen LogP contribution < -0.4 is 5.43 Å². The summed E-state index contributed by atoms with van der Waals surface area (Å²) in [6, 6.07) is 8.99. The maximum absolute atomic E-state index is 14.8. The predicted octanol–water partition coefficient (Wildman–Crippen LogP) is 4.27. The number of hydrogen-bond acceptors (Lipinski definition) is 4. The lowest BCUT2D eigenvalue weighted by Crippen LogP contribution is -2.36. The molecule has 2 aliphatic rings. The van der Waals surface area contributed by atoms with Crippen LogP contribution in [0.1, 0.15) is 51.7 Å². The molecule has 0 bridgehead atoms. The minimum absolute atomic E-state index is 0.00185. The average Bonchev–Trinajstić information content (AvgIpc) is 3.32. The smallest absolute Gasteiger partial charge is 0.291 e. The number of amides is 1. The third kappa shape index (κ3) is 2.86. The van der Waals surface area contributed by atoms with Crippen LogP contribution in [0.4, 0.5) is 4.39 Å². The second kappa shape index (κ2) is 7.06. The summed E-state index contributed by atoms with van der Waals surface area (Å²) in [6.07, 6.45) is 1.61. The van der Waals surface area contributed by atoms with Gasteiger partial charge in [0.2, 0.25) is 5.76 Å². The number of fused-ring (bicyclic) bond motifs is 2. The quantitative estimate of drug-likeness (QED) is 0.651. The lowest BCUT2D eigenvalue weighted by atomic mass is 9.97. The molecular weight excluding hydrogens is 385 g/mol. The molecule has 1 aromatic heterocycles. The zero-order valence-corrected chi connectivity index (χ0v) is 16.9. The summed E-state index contributed by atoms with van der Waals surface area (Å²) in [7, 11) is 0. The number of aryl methyl sites for hydroxylation is 2. The van der Waals surface area contributed by atoms with Crippen molar-refractivity contribution in [2.75, 3.05) is 13.2 Å². The first-order valence-corrected chi connectivity index (χ1v) is 10.2. The Balaban J connectivity index is 1.74. The van der Waals surface area contributed by atoms with Gasteiger partial charge in [-0.25, -0.2) is 4.39 Å². The summed E-state index contributed by atoms with van der Waals surface area (Å²) in [4.78, 5) is 28.4. The van der Waals surface area contributed by atoms with Crippen LogP contribution in [0.15, 0.2) is 45.6 Å². The molecule has 2 aromatic carbocycles. The largest absolute Gasteiger partial charge is 0.450 e. The van der Waals surface area contributed by atoms with E-state index in [-0.39, 0.29) is 35.0 Å². The van der Waals surface area contributed by atoms with Gasteiger partial charge in [0.05, 0.1) is 23.1 Å². The number of carbonyl (C=O) groups is 1. The summed E-state index contributed by atoms with van der Waals surface area (Å²) < 4.78 is 26.5. The first kappa shape index (κ1) is 19.0. The fourth-order valence-corrected chi connectivity index (χ4v) is 4.49. The second-order valence-corrected chi connectivity index (χ2v) is 8.12. The second-order valence-electron chi connectivity index (χ2n) is 8.12. The summed E-state index contributed by atoms with van der Waals surface area (Å²) in [5, 5.41) is 0.407. The summed E-state index contributed by atoms with van der Waals surface area (Å²) >= 11 is 0. The van der Waals surface area contributed by atoms with E-state index in [1.807, 2.05) is 13.8 Å². The molecule has 0 unspecified atom stereocenters. The van der Waals surface area contributed by atoms with E-state index in [4.69, 9.17) is 9.15 Å². The summed E-state index contributed by atoms with van der Waals surface area (Å²) in [5.41, 5.74) is 2.51. The Labute approximate surface area is 173 Å². The van der Waals surface area contributed by atoms with Crippen molar-refractivity contribution in [3.63, 3.8) is 0 Å². The van der Waals surface area contributed by atoms with E-state index in [1.54, 1.807) is 30.3 Å². The molecule has 6 heteroatoms. The van der Waals surface area contributed by atoms with Crippen LogP contribution >= 0.6 is 0 Å². The number of hydrogen-bond donors (Lipinski definition) is 0. The minimum atomic E-state index is -0.833. The zero-order valence-electron chi connectivity index (χ0n) is 16.9. The third-order valence-electron chi connectivity index (χ3n) is 6.21. The SMILES string of the molecule is Cc1cc2oc3c(c(=O)c2cc1C)[C@H](c1ccccc1F)N(C[C@H]1CCCO1)C3=O. The van der Waals surface area contributed by atoms with Crippen molar-refractivity contribution in [1.29, 1.82) is 0 Å². The number of rotatable bonds is 3. The third-order valence-corrected chi connectivity index (χ3v) is 6.21. The normalized spacial score (nSPS) is 20.9. The monoisotopic (exact) mass is 407 g/mol. The van der Waals surface area contributed by atoms with E-state index in [2.05, 4.69) is 0 Å². The molecule has 0 spiro atoms. The number of nitrogens with zero attached hydrogens (tertiary/aromatic N) is 1.